The molecule has 0 radical (unpaired) electrons. The lowest BCUT2D eigenvalue weighted by molar-refractivity contribution is -0.129. The van der Waals surface area contributed by atoms with Crippen molar-refractivity contribution in [2.45, 2.75) is 5.60 Å². The van der Waals surface area contributed by atoms with Crippen LogP contribution in [0.1, 0.15) is 11.1 Å². The average molecular weight is 309 g/mol. The number of anilines is 1. The molecular weight excluding hydrogens is 297 g/mol. The number of phenolic OH excluding ortho intramolecular Hbond substituents is 1. The van der Waals surface area contributed by atoms with Crippen LogP contribution < -0.4 is 5.32 Å². The highest BCUT2D eigenvalue weighted by Crippen LogP contribution is 2.46. The van der Waals surface area contributed by atoms with Gasteiger partial charge in [-0.15, -0.1) is 0 Å². The lowest BCUT2D eigenvalue weighted by atomic mass is 9.84. The van der Waals surface area contributed by atoms with Gasteiger partial charge < -0.3 is 15.5 Å². The molecule has 1 heterocycles. The molecule has 1 amide bonds. The van der Waals surface area contributed by atoms with Crippen molar-refractivity contribution in [2.75, 3.05) is 5.32 Å². The second-order valence-corrected chi connectivity index (χ2v) is 5.54. The van der Waals surface area contributed by atoms with Gasteiger partial charge in [0, 0.05) is 16.8 Å². The van der Waals surface area contributed by atoms with Crippen LogP contribution in [0.4, 0.5) is 10.1 Å². The monoisotopic (exact) mass is 309 g/mol. The van der Waals surface area contributed by atoms with E-state index in [1.807, 2.05) is 6.07 Å². The number of halogens is 1. The van der Waals surface area contributed by atoms with E-state index in [4.69, 9.17) is 0 Å². The Kier molecular flexibility index (Phi) is 2.71. The van der Waals surface area contributed by atoms with Crippen LogP contribution in [-0.4, -0.2) is 16.1 Å². The average Bonchev–Trinajstić information content (AvgIpc) is 2.79. The smallest absolute Gasteiger partial charge is 0.266 e. The van der Waals surface area contributed by atoms with Crippen molar-refractivity contribution >= 4 is 22.4 Å². The van der Waals surface area contributed by atoms with Crippen molar-refractivity contribution < 1.29 is 19.4 Å². The number of carbonyl (C=O) groups excluding carboxylic acids is 1. The summed E-state index contributed by atoms with van der Waals surface area (Å²) in [6, 6.07) is 13.9. The summed E-state index contributed by atoms with van der Waals surface area (Å²) in [5, 5.41) is 25.3. The molecule has 0 saturated heterocycles. The molecule has 3 aromatic carbocycles. The Balaban J connectivity index is 2.11. The highest BCUT2D eigenvalue weighted by atomic mass is 19.1. The number of rotatable bonds is 1. The van der Waals surface area contributed by atoms with E-state index in [0.717, 1.165) is 11.5 Å². The van der Waals surface area contributed by atoms with Gasteiger partial charge in [0.15, 0.2) is 0 Å². The second-order valence-electron chi connectivity index (χ2n) is 5.54. The van der Waals surface area contributed by atoms with Gasteiger partial charge in [-0.05, 0) is 35.0 Å². The van der Waals surface area contributed by atoms with Crippen LogP contribution in [0.5, 0.6) is 5.75 Å². The quantitative estimate of drug-likeness (QED) is 0.647. The zero-order valence-corrected chi connectivity index (χ0v) is 11.9. The largest absolute Gasteiger partial charge is 0.508 e. The van der Waals surface area contributed by atoms with Crippen LogP contribution in [0, 0.1) is 5.82 Å². The standard InChI is InChI=1S/C18H12FNO3/c19-11-6-7-14-13(9-11)18(23,17(22)20-14)16-12-4-2-1-3-10(12)5-8-15(16)21/h1-9,21,23H,(H,20,22). The number of benzene rings is 3. The van der Waals surface area contributed by atoms with Crippen molar-refractivity contribution in [3.63, 3.8) is 0 Å². The summed E-state index contributed by atoms with van der Waals surface area (Å²) in [6.45, 7) is 0. The van der Waals surface area contributed by atoms with E-state index >= 15 is 0 Å². The first kappa shape index (κ1) is 13.7. The van der Waals surface area contributed by atoms with Crippen LogP contribution in [-0.2, 0) is 10.4 Å². The first-order valence-corrected chi connectivity index (χ1v) is 7.07. The third-order valence-electron chi connectivity index (χ3n) is 4.22. The van der Waals surface area contributed by atoms with Gasteiger partial charge in [-0.2, -0.15) is 0 Å². The molecule has 1 unspecified atom stereocenters. The van der Waals surface area contributed by atoms with E-state index in [1.165, 1.54) is 18.2 Å². The summed E-state index contributed by atoms with van der Waals surface area (Å²) in [4.78, 5) is 12.5. The molecular formula is C18H12FNO3. The van der Waals surface area contributed by atoms with Crippen molar-refractivity contribution in [3.8, 4) is 5.75 Å². The zero-order chi connectivity index (χ0) is 16.2. The normalized spacial score (nSPS) is 19.7. The van der Waals surface area contributed by atoms with Gasteiger partial charge in [0.05, 0.1) is 0 Å². The summed E-state index contributed by atoms with van der Waals surface area (Å²) >= 11 is 0. The summed E-state index contributed by atoms with van der Waals surface area (Å²) in [5.41, 5.74) is -1.68. The number of hydrogen-bond donors (Lipinski definition) is 3. The van der Waals surface area contributed by atoms with E-state index in [-0.39, 0.29) is 16.9 Å². The summed E-state index contributed by atoms with van der Waals surface area (Å²) in [5.74, 6) is -1.51. The molecule has 4 rings (SSSR count). The number of carbonyl (C=O) groups is 1. The number of aliphatic hydroxyl groups is 1. The van der Waals surface area contributed by atoms with Gasteiger partial charge in [-0.25, -0.2) is 4.39 Å². The third kappa shape index (κ3) is 1.77. The Bertz CT molecular complexity index is 970. The molecule has 0 aliphatic carbocycles. The topological polar surface area (TPSA) is 69.6 Å². The molecule has 114 valence electrons. The van der Waals surface area contributed by atoms with Crippen LogP contribution >= 0.6 is 0 Å². The van der Waals surface area contributed by atoms with Crippen molar-refractivity contribution in [2.24, 2.45) is 0 Å². The molecule has 4 nitrogen and oxygen atoms in total. The predicted octanol–water partition coefficient (Wildman–Crippen LogP) is 2.87. The van der Waals surface area contributed by atoms with Gasteiger partial charge >= 0.3 is 0 Å². The molecule has 0 aromatic heterocycles. The molecule has 0 fully saturated rings. The maximum atomic E-state index is 13.6. The molecule has 1 aliphatic rings. The maximum absolute atomic E-state index is 13.6. The minimum absolute atomic E-state index is 0.0532. The molecule has 3 N–H and O–H groups in total. The highest BCUT2D eigenvalue weighted by Gasteiger charge is 2.49. The van der Waals surface area contributed by atoms with Gasteiger partial charge in [-0.3, -0.25) is 4.79 Å². The Labute approximate surface area is 130 Å². The fourth-order valence-electron chi connectivity index (χ4n) is 3.15. The molecule has 23 heavy (non-hydrogen) atoms. The number of nitrogens with one attached hydrogen (secondary N) is 1. The molecule has 1 aliphatic heterocycles. The summed E-state index contributed by atoms with van der Waals surface area (Å²) in [6.07, 6.45) is 0. The first-order chi connectivity index (χ1) is 11.0. The molecule has 1 atom stereocenters. The van der Waals surface area contributed by atoms with Crippen LogP contribution in [0.25, 0.3) is 10.8 Å². The van der Waals surface area contributed by atoms with Crippen molar-refractivity contribution in [3.05, 3.63) is 71.5 Å². The predicted molar refractivity (Wildman–Crippen MR) is 83.6 cm³/mol. The van der Waals surface area contributed by atoms with E-state index < -0.39 is 17.3 Å². The van der Waals surface area contributed by atoms with E-state index in [9.17, 15) is 19.4 Å². The lowest BCUT2D eigenvalue weighted by Gasteiger charge is -2.24. The minimum atomic E-state index is -2.15. The number of aromatic hydroxyl groups is 1. The Morgan fingerprint density at radius 3 is 2.65 bits per heavy atom. The van der Waals surface area contributed by atoms with E-state index in [1.54, 1.807) is 24.3 Å². The number of phenols is 1. The number of hydrogen-bond acceptors (Lipinski definition) is 3. The minimum Gasteiger partial charge on any atom is -0.508 e. The zero-order valence-electron chi connectivity index (χ0n) is 11.9. The fourth-order valence-corrected chi connectivity index (χ4v) is 3.15. The fraction of sp³-hybridized carbons (Fsp3) is 0.0556. The molecule has 0 spiro atoms. The van der Waals surface area contributed by atoms with Gasteiger partial charge in [0.2, 0.25) is 5.60 Å². The molecule has 3 aromatic rings. The SMILES string of the molecule is O=C1Nc2ccc(F)cc2C1(O)c1c(O)ccc2ccccc12. The second kappa shape index (κ2) is 4.54. The van der Waals surface area contributed by atoms with Crippen LogP contribution in [0.2, 0.25) is 0 Å². The molecule has 0 bridgehead atoms. The lowest BCUT2D eigenvalue weighted by Crippen LogP contribution is -2.35. The van der Waals surface area contributed by atoms with Gasteiger partial charge in [-0.1, -0.05) is 30.3 Å². The van der Waals surface area contributed by atoms with Gasteiger partial charge in [0.25, 0.3) is 5.91 Å². The Hall–Kier alpha value is -2.92. The Morgan fingerprint density at radius 2 is 1.83 bits per heavy atom. The highest BCUT2D eigenvalue weighted by molar-refractivity contribution is 6.10. The molecule has 5 heteroatoms. The summed E-state index contributed by atoms with van der Waals surface area (Å²) in [7, 11) is 0. The van der Waals surface area contributed by atoms with Crippen molar-refractivity contribution in [1.29, 1.82) is 0 Å². The Morgan fingerprint density at radius 1 is 1.04 bits per heavy atom. The third-order valence-corrected chi connectivity index (χ3v) is 4.22. The maximum Gasteiger partial charge on any atom is 0.266 e. The first-order valence-electron chi connectivity index (χ1n) is 7.07. The molecule has 0 saturated carbocycles. The van der Waals surface area contributed by atoms with Crippen molar-refractivity contribution in [1.82, 2.24) is 0 Å². The number of fused-ring (bicyclic) bond motifs is 2. The van der Waals surface area contributed by atoms with Crippen LogP contribution in [0.3, 0.4) is 0 Å². The van der Waals surface area contributed by atoms with E-state index in [2.05, 4.69) is 5.32 Å². The van der Waals surface area contributed by atoms with Crippen LogP contribution in [0.15, 0.2) is 54.6 Å². The van der Waals surface area contributed by atoms with Gasteiger partial charge in [0.1, 0.15) is 11.6 Å². The summed E-state index contributed by atoms with van der Waals surface area (Å²) < 4.78 is 13.6. The number of amides is 1. The van der Waals surface area contributed by atoms with E-state index in [0.29, 0.717) is 11.1 Å².